The fraction of sp³-hybridized carbons (Fsp3) is 0.310. The molecule has 0 saturated heterocycles. The van der Waals surface area contributed by atoms with Crippen LogP contribution in [0, 0.1) is 0 Å². The van der Waals surface area contributed by atoms with Gasteiger partial charge in [0.2, 0.25) is 5.91 Å². The second-order valence-corrected chi connectivity index (χ2v) is 8.87. The fourth-order valence-corrected chi connectivity index (χ4v) is 4.67. The maximum absolute atomic E-state index is 13.9. The zero-order valence-electron chi connectivity index (χ0n) is 19.6. The van der Waals surface area contributed by atoms with E-state index in [1.54, 1.807) is 11.9 Å². The zero-order valence-corrected chi connectivity index (χ0v) is 19.6. The molecule has 0 aromatic heterocycles. The lowest BCUT2D eigenvalue weighted by molar-refractivity contribution is -0.133. The summed E-state index contributed by atoms with van der Waals surface area (Å²) < 4.78 is 5.62. The molecular weight excluding hydrogens is 424 g/mol. The van der Waals surface area contributed by atoms with Crippen LogP contribution in [0.5, 0.6) is 0 Å². The van der Waals surface area contributed by atoms with Crippen LogP contribution in [0.2, 0.25) is 0 Å². The first-order chi connectivity index (χ1) is 16.6. The van der Waals surface area contributed by atoms with Gasteiger partial charge in [0.25, 0.3) is 0 Å². The number of rotatable bonds is 8. The molecule has 5 nitrogen and oxygen atoms in total. The predicted octanol–water partition coefficient (Wildman–Crippen LogP) is 5.51. The summed E-state index contributed by atoms with van der Waals surface area (Å²) in [5, 5.41) is 2.88. The third-order valence-electron chi connectivity index (χ3n) is 6.41. The van der Waals surface area contributed by atoms with Gasteiger partial charge in [-0.25, -0.2) is 4.79 Å². The Morgan fingerprint density at radius 1 is 0.853 bits per heavy atom. The summed E-state index contributed by atoms with van der Waals surface area (Å²) in [5.74, 6) is -0.162. The van der Waals surface area contributed by atoms with Crippen molar-refractivity contribution < 1.29 is 14.3 Å². The van der Waals surface area contributed by atoms with Gasteiger partial charge in [0, 0.05) is 13.5 Å². The number of likely N-dealkylation sites (N-methyl/N-ethyl adjacent to an activating group) is 1. The lowest BCUT2D eigenvalue weighted by Gasteiger charge is -2.32. The SMILES string of the molecule is CN(C(=O)C(Cc1ccccc1)NC(=O)OC1CCCC1)C(c1ccccc1)c1ccccc1. The molecule has 1 fully saturated rings. The summed E-state index contributed by atoms with van der Waals surface area (Å²) in [6, 6.07) is 28.7. The number of nitrogens with zero attached hydrogens (tertiary/aromatic N) is 1. The van der Waals surface area contributed by atoms with E-state index >= 15 is 0 Å². The number of ether oxygens (including phenoxy) is 1. The Kier molecular flexibility index (Phi) is 7.97. The number of carbonyl (C=O) groups is 2. The smallest absolute Gasteiger partial charge is 0.408 e. The van der Waals surface area contributed by atoms with E-state index < -0.39 is 12.1 Å². The molecule has 1 N–H and O–H groups in total. The minimum atomic E-state index is -0.740. The molecule has 1 aliphatic carbocycles. The molecular formula is C29H32N2O3. The van der Waals surface area contributed by atoms with Crippen molar-refractivity contribution in [1.29, 1.82) is 0 Å². The van der Waals surface area contributed by atoms with Gasteiger partial charge in [0.1, 0.15) is 12.1 Å². The zero-order chi connectivity index (χ0) is 23.8. The standard InChI is InChI=1S/C29H32N2O3/c1-31(27(23-15-7-3-8-16-23)24-17-9-4-10-18-24)28(32)26(21-22-13-5-2-6-14-22)30-29(33)34-25-19-11-12-20-25/h2-10,13-18,25-27H,11-12,19-21H2,1H3,(H,30,33). The normalized spacial score (nSPS) is 14.5. The fourth-order valence-electron chi connectivity index (χ4n) is 4.67. The monoisotopic (exact) mass is 456 g/mol. The molecule has 1 unspecified atom stereocenters. The Bertz CT molecular complexity index is 1010. The maximum atomic E-state index is 13.9. The van der Waals surface area contributed by atoms with Crippen molar-refractivity contribution in [3.63, 3.8) is 0 Å². The second kappa shape index (κ2) is 11.5. The average molecular weight is 457 g/mol. The van der Waals surface area contributed by atoms with E-state index in [9.17, 15) is 9.59 Å². The number of amides is 2. The molecule has 4 rings (SSSR count). The molecule has 2 amide bonds. The highest BCUT2D eigenvalue weighted by molar-refractivity contribution is 5.86. The van der Waals surface area contributed by atoms with E-state index in [2.05, 4.69) is 5.32 Å². The van der Waals surface area contributed by atoms with E-state index in [0.717, 1.165) is 42.4 Å². The largest absolute Gasteiger partial charge is 0.446 e. The van der Waals surface area contributed by atoms with E-state index in [1.165, 1.54) is 0 Å². The van der Waals surface area contributed by atoms with Crippen LogP contribution in [0.25, 0.3) is 0 Å². The topological polar surface area (TPSA) is 58.6 Å². The first-order valence-corrected chi connectivity index (χ1v) is 12.0. The van der Waals surface area contributed by atoms with Gasteiger partial charge >= 0.3 is 6.09 Å². The predicted molar refractivity (Wildman–Crippen MR) is 133 cm³/mol. The maximum Gasteiger partial charge on any atom is 0.408 e. The molecule has 1 saturated carbocycles. The molecule has 3 aromatic rings. The average Bonchev–Trinajstić information content (AvgIpc) is 3.38. The third kappa shape index (κ3) is 6.04. The van der Waals surface area contributed by atoms with E-state index in [4.69, 9.17) is 4.74 Å². The summed E-state index contributed by atoms with van der Waals surface area (Å²) in [6.45, 7) is 0. The number of hydrogen-bond acceptors (Lipinski definition) is 3. The minimum absolute atomic E-state index is 0.0633. The van der Waals surface area contributed by atoms with Crippen molar-refractivity contribution in [3.05, 3.63) is 108 Å². The highest BCUT2D eigenvalue weighted by atomic mass is 16.6. The van der Waals surface area contributed by atoms with Crippen LogP contribution in [-0.2, 0) is 16.0 Å². The number of alkyl carbamates (subject to hydrolysis) is 1. The summed E-state index contributed by atoms with van der Waals surface area (Å²) in [6.07, 6.45) is 3.71. The molecule has 1 aliphatic rings. The quantitative estimate of drug-likeness (QED) is 0.486. The molecule has 1 atom stereocenters. The molecule has 176 valence electrons. The van der Waals surface area contributed by atoms with Crippen LogP contribution < -0.4 is 5.32 Å². The van der Waals surface area contributed by atoms with Gasteiger partial charge in [0.05, 0.1) is 6.04 Å². The van der Waals surface area contributed by atoms with Gasteiger partial charge < -0.3 is 15.0 Å². The molecule has 0 bridgehead atoms. The van der Waals surface area contributed by atoms with E-state index in [1.807, 2.05) is 91.0 Å². The van der Waals surface area contributed by atoms with Gasteiger partial charge in [-0.05, 0) is 42.4 Å². The van der Waals surface area contributed by atoms with E-state index in [-0.39, 0.29) is 18.1 Å². The molecule has 0 aliphatic heterocycles. The number of carbonyl (C=O) groups excluding carboxylic acids is 2. The number of benzene rings is 3. The molecule has 5 heteroatoms. The lowest BCUT2D eigenvalue weighted by atomic mass is 9.96. The molecule has 0 radical (unpaired) electrons. The van der Waals surface area contributed by atoms with Crippen LogP contribution in [0.3, 0.4) is 0 Å². The number of nitrogens with one attached hydrogen (secondary N) is 1. The third-order valence-corrected chi connectivity index (χ3v) is 6.41. The summed E-state index contributed by atoms with van der Waals surface area (Å²) in [5.41, 5.74) is 3.00. The lowest BCUT2D eigenvalue weighted by Crippen LogP contribution is -2.50. The van der Waals surface area contributed by atoms with Crippen LogP contribution in [0.1, 0.15) is 48.4 Å². The van der Waals surface area contributed by atoms with Gasteiger partial charge in [0.15, 0.2) is 0 Å². The van der Waals surface area contributed by atoms with Crippen LogP contribution in [-0.4, -0.2) is 36.1 Å². The van der Waals surface area contributed by atoms with Crippen molar-refractivity contribution in [2.24, 2.45) is 0 Å². The van der Waals surface area contributed by atoms with Crippen molar-refractivity contribution in [2.45, 2.75) is 50.3 Å². The van der Waals surface area contributed by atoms with Crippen molar-refractivity contribution in [2.75, 3.05) is 7.05 Å². The van der Waals surface area contributed by atoms with Gasteiger partial charge in [-0.2, -0.15) is 0 Å². The van der Waals surface area contributed by atoms with Gasteiger partial charge in [-0.1, -0.05) is 91.0 Å². The van der Waals surface area contributed by atoms with Gasteiger partial charge in [-0.3, -0.25) is 4.79 Å². The number of hydrogen-bond donors (Lipinski definition) is 1. The Labute approximate surface area is 201 Å². The molecule has 34 heavy (non-hydrogen) atoms. The van der Waals surface area contributed by atoms with Crippen LogP contribution >= 0.6 is 0 Å². The Hall–Kier alpha value is -3.60. The Morgan fingerprint density at radius 2 is 1.35 bits per heavy atom. The first kappa shape index (κ1) is 23.6. The van der Waals surface area contributed by atoms with Crippen LogP contribution in [0.15, 0.2) is 91.0 Å². The highest BCUT2D eigenvalue weighted by Gasteiger charge is 2.31. The Morgan fingerprint density at radius 3 is 1.88 bits per heavy atom. The van der Waals surface area contributed by atoms with Crippen molar-refractivity contribution in [1.82, 2.24) is 10.2 Å². The summed E-state index contributed by atoms with van der Waals surface area (Å²) >= 11 is 0. The highest BCUT2D eigenvalue weighted by Crippen LogP contribution is 2.28. The molecule has 0 heterocycles. The summed E-state index contributed by atoms with van der Waals surface area (Å²) in [7, 11) is 1.80. The van der Waals surface area contributed by atoms with Crippen LogP contribution in [0.4, 0.5) is 4.79 Å². The summed E-state index contributed by atoms with van der Waals surface area (Å²) in [4.78, 5) is 28.3. The van der Waals surface area contributed by atoms with Gasteiger partial charge in [-0.15, -0.1) is 0 Å². The Balaban J connectivity index is 1.59. The first-order valence-electron chi connectivity index (χ1n) is 12.0. The van der Waals surface area contributed by atoms with Crippen molar-refractivity contribution in [3.8, 4) is 0 Å². The minimum Gasteiger partial charge on any atom is -0.446 e. The molecule has 3 aromatic carbocycles. The van der Waals surface area contributed by atoms with Crippen molar-refractivity contribution >= 4 is 12.0 Å². The van der Waals surface area contributed by atoms with E-state index in [0.29, 0.717) is 6.42 Å². The molecule has 0 spiro atoms. The second-order valence-electron chi connectivity index (χ2n) is 8.87.